The van der Waals surface area contributed by atoms with Crippen LogP contribution in [0.15, 0.2) is 41.3 Å². The van der Waals surface area contributed by atoms with Gasteiger partial charge in [0.25, 0.3) is 5.69 Å². The lowest BCUT2D eigenvalue weighted by atomic mass is 9.89. The normalized spacial score (nSPS) is 22.0. The predicted octanol–water partition coefficient (Wildman–Crippen LogP) is 6.61. The number of nitro benzene ring substituents is 1. The molecule has 1 fully saturated rings. The van der Waals surface area contributed by atoms with Crippen molar-refractivity contribution in [2.75, 3.05) is 5.73 Å². The van der Waals surface area contributed by atoms with E-state index in [0.717, 1.165) is 0 Å². The highest BCUT2D eigenvalue weighted by Gasteiger charge is 2.52. The molecule has 41 heavy (non-hydrogen) atoms. The average molecular weight is 605 g/mol. The Balaban J connectivity index is 2.17. The molecule has 5 atom stereocenters. The second-order valence-corrected chi connectivity index (χ2v) is 23.7. The lowest BCUT2D eigenvalue weighted by Gasteiger charge is -2.45. The molecule has 1 aliphatic rings. The van der Waals surface area contributed by atoms with Crippen LogP contribution in [0.2, 0.25) is 36.3 Å². The smallest absolute Gasteiger partial charge is 0.351 e. The van der Waals surface area contributed by atoms with Crippen molar-refractivity contribution < 1.29 is 18.5 Å². The van der Waals surface area contributed by atoms with Crippen molar-refractivity contribution in [3.05, 3.63) is 62.7 Å². The molecule has 2 unspecified atom stereocenters. The third-order valence-electron chi connectivity index (χ3n) is 9.21. The van der Waals surface area contributed by atoms with Gasteiger partial charge < -0.3 is 19.3 Å². The van der Waals surface area contributed by atoms with E-state index >= 15 is 0 Å². The minimum Gasteiger partial charge on any atom is -0.411 e. The lowest BCUT2D eigenvalue weighted by molar-refractivity contribution is -0.385. The Morgan fingerprint density at radius 2 is 1.66 bits per heavy atom. The van der Waals surface area contributed by atoms with Crippen molar-refractivity contribution in [1.82, 2.24) is 9.55 Å². The molecular weight excluding hydrogens is 557 g/mol. The Kier molecular flexibility index (Phi) is 9.46. The van der Waals surface area contributed by atoms with Crippen molar-refractivity contribution in [3.63, 3.8) is 0 Å². The Bertz CT molecular complexity index is 1300. The van der Waals surface area contributed by atoms with E-state index in [-0.39, 0.29) is 26.5 Å². The van der Waals surface area contributed by atoms with Gasteiger partial charge in [0.15, 0.2) is 16.6 Å². The molecule has 0 amide bonds. The highest BCUT2D eigenvalue weighted by molar-refractivity contribution is 6.74. The van der Waals surface area contributed by atoms with Gasteiger partial charge in [0.2, 0.25) is 0 Å². The van der Waals surface area contributed by atoms with Crippen LogP contribution in [0, 0.1) is 10.1 Å². The van der Waals surface area contributed by atoms with Crippen molar-refractivity contribution in [1.29, 1.82) is 0 Å². The summed E-state index contributed by atoms with van der Waals surface area (Å²) in [6, 6.07) is 8.36. The molecule has 0 bridgehead atoms. The summed E-state index contributed by atoms with van der Waals surface area (Å²) in [5, 5.41) is 11.8. The number of benzene rings is 1. The zero-order valence-electron chi connectivity index (χ0n) is 26.4. The summed E-state index contributed by atoms with van der Waals surface area (Å²) in [6.07, 6.45) is -0.235. The van der Waals surface area contributed by atoms with Gasteiger partial charge >= 0.3 is 5.69 Å². The fraction of sp³-hybridized carbons (Fsp3) is 0.655. The van der Waals surface area contributed by atoms with E-state index in [1.54, 1.807) is 24.4 Å². The minimum atomic E-state index is -2.41. The third-order valence-corrected chi connectivity index (χ3v) is 18.2. The van der Waals surface area contributed by atoms with Gasteiger partial charge in [-0.05, 0) is 42.3 Å². The quantitative estimate of drug-likeness (QED) is 0.192. The largest absolute Gasteiger partial charge is 0.411 e. The first kappa shape index (κ1) is 33.1. The van der Waals surface area contributed by atoms with Crippen molar-refractivity contribution >= 4 is 28.1 Å². The monoisotopic (exact) mass is 604 g/mol. The molecular formula is C29H48N4O6Si2. The molecule has 0 spiro atoms. The van der Waals surface area contributed by atoms with Crippen LogP contribution in [0.5, 0.6) is 0 Å². The molecule has 3 rings (SSSR count). The molecule has 1 aliphatic heterocycles. The second kappa shape index (κ2) is 11.7. The molecule has 10 nitrogen and oxygen atoms in total. The maximum Gasteiger partial charge on any atom is 0.351 e. The van der Waals surface area contributed by atoms with Crippen LogP contribution in [0.25, 0.3) is 0 Å². The Labute approximate surface area is 246 Å². The van der Waals surface area contributed by atoms with E-state index in [0.29, 0.717) is 12.0 Å². The average Bonchev–Trinajstić information content (AvgIpc) is 3.22. The first-order valence-electron chi connectivity index (χ1n) is 14.3. The molecule has 2 aromatic rings. The SMILES string of the molecule is CC(c1ccccc1[N+](=O)[O-])C(O[Si](C)(C)C(C)(C)C)[C@H]1O[C@@H](n2ccc(N)nc2=O)C[C@@H]1O[Si](C)(C)C(C)(C)C. The first-order valence-corrected chi connectivity index (χ1v) is 20.1. The Morgan fingerprint density at radius 1 is 1.07 bits per heavy atom. The van der Waals surface area contributed by atoms with Crippen LogP contribution < -0.4 is 11.4 Å². The summed E-state index contributed by atoms with van der Waals surface area (Å²) in [6.45, 7) is 23.7. The highest BCUT2D eigenvalue weighted by atomic mass is 28.4. The predicted molar refractivity (Wildman–Crippen MR) is 167 cm³/mol. The van der Waals surface area contributed by atoms with Crippen molar-refractivity contribution in [3.8, 4) is 0 Å². The zero-order chi connectivity index (χ0) is 31.1. The summed E-state index contributed by atoms with van der Waals surface area (Å²) in [4.78, 5) is 28.5. The van der Waals surface area contributed by atoms with Crippen molar-refractivity contribution in [2.24, 2.45) is 0 Å². The number of hydrogen-bond acceptors (Lipinski definition) is 8. The van der Waals surface area contributed by atoms with Gasteiger partial charge in [-0.15, -0.1) is 0 Å². The summed E-state index contributed by atoms with van der Waals surface area (Å²) >= 11 is 0. The second-order valence-electron chi connectivity index (χ2n) is 14.2. The highest BCUT2D eigenvalue weighted by Crippen LogP contribution is 2.46. The number of anilines is 1. The molecule has 1 aromatic heterocycles. The molecule has 12 heteroatoms. The van der Waals surface area contributed by atoms with Gasteiger partial charge in [-0.1, -0.05) is 66.7 Å². The number of para-hydroxylation sites is 1. The first-order chi connectivity index (χ1) is 18.7. The van der Waals surface area contributed by atoms with Gasteiger partial charge in [-0.25, -0.2) is 4.79 Å². The molecule has 1 aromatic carbocycles. The van der Waals surface area contributed by atoms with Gasteiger partial charge in [-0.3, -0.25) is 14.7 Å². The van der Waals surface area contributed by atoms with Crippen LogP contribution in [0.1, 0.15) is 72.6 Å². The van der Waals surface area contributed by atoms with Crippen molar-refractivity contribution in [2.45, 2.75) is 122 Å². The molecule has 2 N–H and O–H groups in total. The van der Waals surface area contributed by atoms with Crippen LogP contribution >= 0.6 is 0 Å². The van der Waals surface area contributed by atoms with Crippen LogP contribution in [-0.2, 0) is 13.6 Å². The molecule has 0 saturated carbocycles. The summed E-state index contributed by atoms with van der Waals surface area (Å²) in [5.74, 6) is -0.264. The standard InChI is InChI=1S/C29H48N4O6Si2/c1-19(20-14-12-13-15-21(20)33(35)36)25(39-41(10,11)29(5,6)7)26-22(38-40(8,9)28(2,3)4)18-24(37-26)32-17-16-23(30)31-27(32)34/h12-17,19,22,24-26H,18H2,1-11H3,(H2,30,31,34)/t19?,22-,24+,25?,26-/m0/s1. The number of hydrogen-bond donors (Lipinski definition) is 1. The van der Waals surface area contributed by atoms with Gasteiger partial charge in [0.1, 0.15) is 18.1 Å². The third kappa shape index (κ3) is 7.16. The van der Waals surface area contributed by atoms with Gasteiger partial charge in [0, 0.05) is 30.2 Å². The minimum absolute atomic E-state index is 0.0409. The van der Waals surface area contributed by atoms with E-state index in [4.69, 9.17) is 19.3 Å². The van der Waals surface area contributed by atoms with Crippen LogP contribution in [0.3, 0.4) is 0 Å². The molecule has 0 aliphatic carbocycles. The topological polar surface area (TPSA) is 132 Å². The van der Waals surface area contributed by atoms with Crippen LogP contribution in [0.4, 0.5) is 11.5 Å². The Morgan fingerprint density at radius 3 is 2.20 bits per heavy atom. The number of aromatic nitrogens is 2. The van der Waals surface area contributed by atoms with E-state index < -0.39 is 52.8 Å². The fourth-order valence-corrected chi connectivity index (χ4v) is 7.34. The maximum absolute atomic E-state index is 12.9. The maximum atomic E-state index is 12.9. The molecule has 2 heterocycles. The lowest BCUT2D eigenvalue weighted by Crippen LogP contribution is -2.53. The molecule has 0 radical (unpaired) electrons. The van der Waals surface area contributed by atoms with E-state index in [1.165, 1.54) is 10.6 Å². The van der Waals surface area contributed by atoms with E-state index in [2.05, 4.69) is 72.7 Å². The summed E-state index contributed by atoms with van der Waals surface area (Å²) in [5.41, 5.74) is 5.87. The summed E-state index contributed by atoms with van der Waals surface area (Å²) in [7, 11) is -4.72. The van der Waals surface area contributed by atoms with Crippen LogP contribution in [-0.4, -0.2) is 49.4 Å². The number of nitrogens with zero attached hydrogens (tertiary/aromatic N) is 3. The zero-order valence-corrected chi connectivity index (χ0v) is 28.4. The summed E-state index contributed by atoms with van der Waals surface area (Å²) < 4.78 is 22.2. The molecule has 228 valence electrons. The number of rotatable bonds is 9. The number of nitrogens with two attached hydrogens (primary N) is 1. The van der Waals surface area contributed by atoms with Gasteiger partial charge in [0.05, 0.1) is 17.1 Å². The molecule has 1 saturated heterocycles. The Hall–Kier alpha value is -2.39. The van der Waals surface area contributed by atoms with Gasteiger partial charge in [-0.2, -0.15) is 4.98 Å². The van der Waals surface area contributed by atoms with E-state index in [9.17, 15) is 14.9 Å². The number of ether oxygens (including phenoxy) is 1. The number of nitro groups is 1. The fourth-order valence-electron chi connectivity index (χ4n) is 4.63. The number of nitrogen functional groups attached to an aromatic ring is 1. The van der Waals surface area contributed by atoms with E-state index in [1.807, 2.05) is 13.0 Å².